The zero-order valence-electron chi connectivity index (χ0n) is 11.8. The minimum atomic E-state index is -0.315. The molecule has 2 aromatic heterocycles. The van der Waals surface area contributed by atoms with Crippen molar-refractivity contribution in [2.24, 2.45) is 12.8 Å². The average Bonchev–Trinajstić information content (AvgIpc) is 3.21. The van der Waals surface area contributed by atoms with E-state index in [1.807, 2.05) is 11.5 Å². The second-order valence-corrected chi connectivity index (χ2v) is 5.25. The highest BCUT2D eigenvalue weighted by Crippen LogP contribution is 2.40. The van der Waals surface area contributed by atoms with Crippen LogP contribution in [0.25, 0.3) is 11.2 Å². The Morgan fingerprint density at radius 2 is 2.00 bits per heavy atom. The molecule has 1 aliphatic rings. The van der Waals surface area contributed by atoms with Gasteiger partial charge < -0.3 is 10.3 Å². The molecule has 20 heavy (non-hydrogen) atoms. The molecule has 7 heteroatoms. The van der Waals surface area contributed by atoms with Gasteiger partial charge in [0.25, 0.3) is 5.56 Å². The van der Waals surface area contributed by atoms with Gasteiger partial charge in [-0.2, -0.15) is 0 Å². The molecule has 0 saturated heterocycles. The summed E-state index contributed by atoms with van der Waals surface area (Å²) in [6.07, 6.45) is 2.18. The van der Waals surface area contributed by atoms with E-state index in [9.17, 15) is 9.59 Å². The summed E-state index contributed by atoms with van der Waals surface area (Å²) < 4.78 is 4.60. The van der Waals surface area contributed by atoms with Crippen molar-refractivity contribution in [1.82, 2.24) is 18.7 Å². The first-order chi connectivity index (χ1) is 9.60. The van der Waals surface area contributed by atoms with Gasteiger partial charge in [0.1, 0.15) is 5.82 Å². The van der Waals surface area contributed by atoms with Crippen molar-refractivity contribution >= 4 is 11.2 Å². The molecule has 7 nitrogen and oxygen atoms in total. The standard InChI is InChI=1S/C13H19N5O2/c1-3-17-11-9(12(19)16(2)13(17)20)18(7-6-14)10(15-11)8-4-5-8/h8H,3-7,14H2,1-2H3. The van der Waals surface area contributed by atoms with Gasteiger partial charge in [-0.1, -0.05) is 0 Å². The second kappa shape index (κ2) is 4.59. The number of nitrogens with two attached hydrogens (primary N) is 1. The highest BCUT2D eigenvalue weighted by molar-refractivity contribution is 5.71. The van der Waals surface area contributed by atoms with Crippen LogP contribution >= 0.6 is 0 Å². The van der Waals surface area contributed by atoms with Crippen LogP contribution < -0.4 is 17.0 Å². The number of aromatic nitrogens is 4. The van der Waals surface area contributed by atoms with Crippen molar-refractivity contribution in [2.45, 2.75) is 38.8 Å². The molecule has 2 aromatic rings. The van der Waals surface area contributed by atoms with Gasteiger partial charge in [-0.25, -0.2) is 9.78 Å². The van der Waals surface area contributed by atoms with Crippen LogP contribution in [-0.4, -0.2) is 25.2 Å². The number of rotatable bonds is 4. The molecular formula is C13H19N5O2. The van der Waals surface area contributed by atoms with Crippen LogP contribution in [-0.2, 0) is 20.1 Å². The molecule has 0 spiro atoms. The Bertz CT molecular complexity index is 779. The van der Waals surface area contributed by atoms with Crippen molar-refractivity contribution in [3.8, 4) is 0 Å². The van der Waals surface area contributed by atoms with E-state index in [1.54, 1.807) is 4.57 Å². The lowest BCUT2D eigenvalue weighted by Crippen LogP contribution is -2.38. The first-order valence-electron chi connectivity index (χ1n) is 7.00. The molecule has 108 valence electrons. The largest absolute Gasteiger partial charge is 0.332 e. The molecule has 0 radical (unpaired) electrons. The van der Waals surface area contributed by atoms with E-state index < -0.39 is 0 Å². The third-order valence-electron chi connectivity index (χ3n) is 3.87. The van der Waals surface area contributed by atoms with Gasteiger partial charge in [-0.05, 0) is 19.8 Å². The first kappa shape index (κ1) is 13.1. The third kappa shape index (κ3) is 1.73. The van der Waals surface area contributed by atoms with E-state index in [0.717, 1.165) is 23.2 Å². The van der Waals surface area contributed by atoms with Crippen molar-refractivity contribution in [3.63, 3.8) is 0 Å². The molecule has 0 atom stereocenters. The van der Waals surface area contributed by atoms with Gasteiger partial charge in [0.2, 0.25) is 0 Å². The minimum absolute atomic E-state index is 0.289. The maximum absolute atomic E-state index is 12.4. The highest BCUT2D eigenvalue weighted by Gasteiger charge is 2.31. The number of aryl methyl sites for hydroxylation is 1. The maximum atomic E-state index is 12.4. The Labute approximate surface area is 115 Å². The van der Waals surface area contributed by atoms with Gasteiger partial charge in [0.15, 0.2) is 11.2 Å². The molecule has 0 bridgehead atoms. The fraction of sp³-hybridized carbons (Fsp3) is 0.615. The molecule has 0 unspecified atom stereocenters. The van der Waals surface area contributed by atoms with E-state index in [4.69, 9.17) is 5.73 Å². The van der Waals surface area contributed by atoms with Crippen molar-refractivity contribution in [2.75, 3.05) is 6.54 Å². The molecule has 1 fully saturated rings. The zero-order chi connectivity index (χ0) is 14.4. The second-order valence-electron chi connectivity index (χ2n) is 5.25. The third-order valence-corrected chi connectivity index (χ3v) is 3.87. The molecule has 2 N–H and O–H groups in total. The van der Waals surface area contributed by atoms with Crippen LogP contribution in [0.4, 0.5) is 0 Å². The van der Waals surface area contributed by atoms with Crippen LogP contribution in [0.5, 0.6) is 0 Å². The van der Waals surface area contributed by atoms with Crippen molar-refractivity contribution < 1.29 is 0 Å². The molecule has 0 amide bonds. The summed E-state index contributed by atoms with van der Waals surface area (Å²) in [5, 5.41) is 0. The van der Waals surface area contributed by atoms with Gasteiger partial charge in [0.05, 0.1) is 0 Å². The van der Waals surface area contributed by atoms with Gasteiger partial charge in [-0.15, -0.1) is 0 Å². The van der Waals surface area contributed by atoms with E-state index in [0.29, 0.717) is 36.7 Å². The highest BCUT2D eigenvalue weighted by atomic mass is 16.2. The Hall–Kier alpha value is -1.89. The predicted octanol–water partition coefficient (Wildman–Crippen LogP) is -0.247. The topological polar surface area (TPSA) is 87.8 Å². The van der Waals surface area contributed by atoms with Gasteiger partial charge in [-0.3, -0.25) is 13.9 Å². The number of hydrogen-bond donors (Lipinski definition) is 1. The van der Waals surface area contributed by atoms with Crippen LogP contribution in [0, 0.1) is 0 Å². The Morgan fingerprint density at radius 1 is 1.30 bits per heavy atom. The lowest BCUT2D eigenvalue weighted by Gasteiger charge is -2.08. The van der Waals surface area contributed by atoms with E-state index >= 15 is 0 Å². The smallest absolute Gasteiger partial charge is 0.329 e. The molecule has 0 aliphatic heterocycles. The Kier molecular flexibility index (Phi) is 3.01. The summed E-state index contributed by atoms with van der Waals surface area (Å²) in [6, 6.07) is 0. The summed E-state index contributed by atoms with van der Waals surface area (Å²) in [7, 11) is 1.51. The SMILES string of the molecule is CCn1c(=O)n(C)c(=O)c2c1nc(C1CC1)n2CCN. The Balaban J connectivity index is 2.44. The van der Waals surface area contributed by atoms with Crippen LogP contribution in [0.2, 0.25) is 0 Å². The summed E-state index contributed by atoms with van der Waals surface area (Å²) in [5.74, 6) is 1.30. The monoisotopic (exact) mass is 277 g/mol. The van der Waals surface area contributed by atoms with Gasteiger partial charge in [0, 0.05) is 32.6 Å². The fourth-order valence-corrected chi connectivity index (χ4v) is 2.67. The molecule has 0 aromatic carbocycles. The summed E-state index contributed by atoms with van der Waals surface area (Å²) in [6.45, 7) is 3.37. The first-order valence-corrected chi connectivity index (χ1v) is 7.00. The predicted molar refractivity (Wildman–Crippen MR) is 75.9 cm³/mol. The minimum Gasteiger partial charge on any atom is -0.329 e. The van der Waals surface area contributed by atoms with Gasteiger partial charge >= 0.3 is 5.69 Å². The van der Waals surface area contributed by atoms with Crippen LogP contribution in [0.1, 0.15) is 31.5 Å². The normalized spacial score (nSPS) is 15.2. The summed E-state index contributed by atoms with van der Waals surface area (Å²) in [5.41, 5.74) is 6.06. The number of hydrogen-bond acceptors (Lipinski definition) is 4. The number of fused-ring (bicyclic) bond motifs is 1. The lowest BCUT2D eigenvalue weighted by molar-refractivity contribution is 0.644. The average molecular weight is 277 g/mol. The van der Waals surface area contributed by atoms with Crippen LogP contribution in [0.15, 0.2) is 9.59 Å². The number of imidazole rings is 1. The fourth-order valence-electron chi connectivity index (χ4n) is 2.67. The summed E-state index contributed by atoms with van der Waals surface area (Å²) in [4.78, 5) is 29.2. The van der Waals surface area contributed by atoms with E-state index in [2.05, 4.69) is 4.98 Å². The van der Waals surface area contributed by atoms with E-state index in [-0.39, 0.29) is 11.2 Å². The Morgan fingerprint density at radius 3 is 2.55 bits per heavy atom. The van der Waals surface area contributed by atoms with E-state index in [1.165, 1.54) is 7.05 Å². The lowest BCUT2D eigenvalue weighted by atomic mass is 10.4. The van der Waals surface area contributed by atoms with Crippen LogP contribution in [0.3, 0.4) is 0 Å². The maximum Gasteiger partial charge on any atom is 0.332 e. The molecular weight excluding hydrogens is 258 g/mol. The quantitative estimate of drug-likeness (QED) is 0.835. The zero-order valence-corrected chi connectivity index (χ0v) is 11.8. The summed E-state index contributed by atoms with van der Waals surface area (Å²) >= 11 is 0. The van der Waals surface area contributed by atoms with Crippen molar-refractivity contribution in [3.05, 3.63) is 26.7 Å². The molecule has 2 heterocycles. The molecule has 1 saturated carbocycles. The molecule has 3 rings (SSSR count). The van der Waals surface area contributed by atoms with Crippen molar-refractivity contribution in [1.29, 1.82) is 0 Å². The molecule has 1 aliphatic carbocycles. The number of nitrogens with zero attached hydrogens (tertiary/aromatic N) is 4.